The van der Waals surface area contributed by atoms with Gasteiger partial charge in [0.05, 0.1) is 12.1 Å². The summed E-state index contributed by atoms with van der Waals surface area (Å²) >= 11 is 6.54. The van der Waals surface area contributed by atoms with E-state index in [1.807, 2.05) is 23.6 Å². The van der Waals surface area contributed by atoms with E-state index in [1.165, 1.54) is 10.8 Å². The molecule has 0 radical (unpaired) electrons. The monoisotopic (exact) mass is 498 g/mol. The number of imidazole rings is 1. The van der Waals surface area contributed by atoms with Crippen LogP contribution < -0.4 is 0 Å². The quantitative estimate of drug-likeness (QED) is 0.539. The molecule has 2 aromatic rings. The fourth-order valence-electron chi connectivity index (χ4n) is 5.45. The molecule has 2 unspecified atom stereocenters. The van der Waals surface area contributed by atoms with E-state index < -0.39 is 24.1 Å². The minimum atomic E-state index is -4.55. The molecule has 2 aromatic heterocycles. The molecular weight excluding hydrogens is 469 g/mol. The summed E-state index contributed by atoms with van der Waals surface area (Å²) in [5, 5.41) is 0.130. The third kappa shape index (κ3) is 4.54. The van der Waals surface area contributed by atoms with E-state index in [4.69, 9.17) is 16.3 Å². The molecule has 6 nitrogen and oxygen atoms in total. The van der Waals surface area contributed by atoms with Gasteiger partial charge in [-0.05, 0) is 36.8 Å². The normalized spacial score (nSPS) is 25.0. The average molecular weight is 499 g/mol. The number of halogens is 4. The van der Waals surface area contributed by atoms with Crippen molar-refractivity contribution >= 4 is 23.2 Å². The van der Waals surface area contributed by atoms with Crippen LogP contribution in [0.15, 0.2) is 12.3 Å². The van der Waals surface area contributed by atoms with Crippen LogP contribution in [0.3, 0.4) is 0 Å². The van der Waals surface area contributed by atoms with Gasteiger partial charge in [0.25, 0.3) is 0 Å². The molecule has 0 aromatic carbocycles. The number of ether oxygens (including phenoxy) is 1. The lowest BCUT2D eigenvalue weighted by molar-refractivity contribution is -0.140. The van der Waals surface area contributed by atoms with Gasteiger partial charge in [0.15, 0.2) is 5.65 Å². The molecule has 186 valence electrons. The van der Waals surface area contributed by atoms with Crippen molar-refractivity contribution in [2.45, 2.75) is 76.9 Å². The summed E-state index contributed by atoms with van der Waals surface area (Å²) < 4.78 is 48.6. The predicted octanol–water partition coefficient (Wildman–Crippen LogP) is 5.08. The Balaban J connectivity index is 1.35. The van der Waals surface area contributed by atoms with Gasteiger partial charge in [-0.15, -0.1) is 0 Å². The van der Waals surface area contributed by atoms with Gasteiger partial charge in [-0.25, -0.2) is 4.98 Å². The highest BCUT2D eigenvalue weighted by Crippen LogP contribution is 2.45. The van der Waals surface area contributed by atoms with Crippen LogP contribution in [0.5, 0.6) is 0 Å². The number of rotatable bonds is 5. The molecule has 34 heavy (non-hydrogen) atoms. The summed E-state index contributed by atoms with van der Waals surface area (Å²) in [6.45, 7) is 5.47. The second-order valence-corrected chi connectivity index (χ2v) is 10.5. The molecule has 0 N–H and O–H groups in total. The summed E-state index contributed by atoms with van der Waals surface area (Å²) in [4.78, 5) is 21.0. The van der Waals surface area contributed by atoms with E-state index >= 15 is 0 Å². The Morgan fingerprint density at radius 2 is 1.94 bits per heavy atom. The number of alkyl halides is 3. The smallest absolute Gasteiger partial charge is 0.346 e. The van der Waals surface area contributed by atoms with Crippen LogP contribution in [-0.2, 0) is 22.1 Å². The van der Waals surface area contributed by atoms with E-state index in [9.17, 15) is 18.0 Å². The Morgan fingerprint density at radius 1 is 1.21 bits per heavy atom. The first-order chi connectivity index (χ1) is 16.1. The summed E-state index contributed by atoms with van der Waals surface area (Å²) in [5.74, 6) is 0.285. The van der Waals surface area contributed by atoms with Gasteiger partial charge >= 0.3 is 6.18 Å². The Hall–Kier alpha value is -1.84. The summed E-state index contributed by atoms with van der Waals surface area (Å²) in [5.41, 5.74) is -0.167. The van der Waals surface area contributed by atoms with Crippen molar-refractivity contribution in [3.63, 3.8) is 0 Å². The lowest BCUT2D eigenvalue weighted by Crippen LogP contribution is -2.55. The molecule has 3 aliphatic rings. The molecule has 2 atom stereocenters. The van der Waals surface area contributed by atoms with Crippen molar-refractivity contribution in [2.75, 3.05) is 19.6 Å². The van der Waals surface area contributed by atoms with Gasteiger partial charge in [0, 0.05) is 25.3 Å². The zero-order valence-electron chi connectivity index (χ0n) is 19.4. The Labute approximate surface area is 202 Å². The van der Waals surface area contributed by atoms with Crippen molar-refractivity contribution in [2.24, 2.45) is 5.92 Å². The molecule has 3 fully saturated rings. The molecule has 1 amide bonds. The van der Waals surface area contributed by atoms with Crippen LogP contribution >= 0.6 is 11.6 Å². The minimum absolute atomic E-state index is 0.0891. The SMILES string of the molecule is CC(C)Cc1cc(C(F)(F)F)c2nc(C3OC3N3CCN(C4CCCCC4)C(=O)C3)c(Cl)n2c1. The van der Waals surface area contributed by atoms with Gasteiger partial charge in [0.1, 0.15) is 23.2 Å². The minimum Gasteiger partial charge on any atom is -0.346 e. The molecule has 1 saturated carbocycles. The molecule has 10 heteroatoms. The number of amides is 1. The summed E-state index contributed by atoms with van der Waals surface area (Å²) in [7, 11) is 0. The number of epoxide rings is 1. The standard InChI is InChI=1S/C24H30ClF3N4O2/c1-14(2)10-15-11-17(24(26,27)28)22-29-19(21(25)32(22)12-15)20-23(34-20)30-8-9-31(18(33)13-30)16-6-4-3-5-7-16/h11-12,14,16,20,23H,3-10,13H2,1-2H3. The van der Waals surface area contributed by atoms with Crippen LogP contribution in [0.4, 0.5) is 13.2 Å². The first kappa shape index (κ1) is 23.9. The van der Waals surface area contributed by atoms with Crippen LogP contribution in [0, 0.1) is 5.92 Å². The maximum absolute atomic E-state index is 13.8. The van der Waals surface area contributed by atoms with Crippen molar-refractivity contribution in [1.29, 1.82) is 0 Å². The molecule has 1 aliphatic carbocycles. The largest absolute Gasteiger partial charge is 0.419 e. The molecule has 2 aliphatic heterocycles. The molecule has 4 heterocycles. The number of hydrogen-bond acceptors (Lipinski definition) is 4. The number of piperazine rings is 1. The second-order valence-electron chi connectivity index (χ2n) is 10.1. The van der Waals surface area contributed by atoms with Crippen LogP contribution in [-0.4, -0.2) is 57.0 Å². The maximum atomic E-state index is 13.8. The Morgan fingerprint density at radius 3 is 2.59 bits per heavy atom. The number of aromatic nitrogens is 2. The van der Waals surface area contributed by atoms with Crippen molar-refractivity contribution in [1.82, 2.24) is 19.2 Å². The highest BCUT2D eigenvalue weighted by atomic mass is 35.5. The predicted molar refractivity (Wildman–Crippen MR) is 122 cm³/mol. The Bertz CT molecular complexity index is 1080. The lowest BCUT2D eigenvalue weighted by Gasteiger charge is -2.40. The number of fused-ring (bicyclic) bond motifs is 1. The number of nitrogens with zero attached hydrogens (tertiary/aromatic N) is 4. The van der Waals surface area contributed by atoms with Gasteiger partial charge in [0.2, 0.25) is 5.91 Å². The summed E-state index contributed by atoms with van der Waals surface area (Å²) in [6, 6.07) is 1.49. The molecule has 2 saturated heterocycles. The third-order valence-electron chi connectivity index (χ3n) is 7.09. The number of carbonyl (C=O) groups excluding carboxylic acids is 1. The zero-order valence-corrected chi connectivity index (χ0v) is 20.2. The fraction of sp³-hybridized carbons (Fsp3) is 0.667. The highest BCUT2D eigenvalue weighted by molar-refractivity contribution is 6.30. The summed E-state index contributed by atoms with van der Waals surface area (Å²) in [6.07, 6.45) is 2.32. The van der Waals surface area contributed by atoms with Crippen LogP contribution in [0.2, 0.25) is 5.15 Å². The fourth-order valence-corrected chi connectivity index (χ4v) is 5.73. The number of pyridine rings is 1. The number of carbonyl (C=O) groups is 1. The second kappa shape index (κ2) is 8.99. The van der Waals surface area contributed by atoms with Crippen LogP contribution in [0.1, 0.15) is 68.9 Å². The number of hydrogen-bond donors (Lipinski definition) is 0. The first-order valence-corrected chi connectivity index (χ1v) is 12.5. The van der Waals surface area contributed by atoms with E-state index in [-0.39, 0.29) is 29.2 Å². The first-order valence-electron chi connectivity index (χ1n) is 12.1. The lowest BCUT2D eigenvalue weighted by atomic mass is 9.93. The van der Waals surface area contributed by atoms with E-state index in [2.05, 4.69) is 4.98 Å². The molecule has 5 rings (SSSR count). The van der Waals surface area contributed by atoms with E-state index in [1.54, 1.807) is 6.20 Å². The zero-order chi connectivity index (χ0) is 24.2. The van der Waals surface area contributed by atoms with Crippen molar-refractivity contribution in [3.8, 4) is 0 Å². The van der Waals surface area contributed by atoms with E-state index in [0.717, 1.165) is 31.7 Å². The van der Waals surface area contributed by atoms with Gasteiger partial charge in [-0.3, -0.25) is 14.1 Å². The van der Waals surface area contributed by atoms with Crippen LogP contribution in [0.25, 0.3) is 5.65 Å². The van der Waals surface area contributed by atoms with Crippen molar-refractivity contribution in [3.05, 3.63) is 34.2 Å². The third-order valence-corrected chi connectivity index (χ3v) is 7.47. The molecule has 0 spiro atoms. The molecular formula is C24H30ClF3N4O2. The van der Waals surface area contributed by atoms with Crippen molar-refractivity contribution < 1.29 is 22.7 Å². The van der Waals surface area contributed by atoms with Gasteiger partial charge < -0.3 is 9.64 Å². The maximum Gasteiger partial charge on any atom is 0.419 e. The molecule has 0 bridgehead atoms. The topological polar surface area (TPSA) is 53.4 Å². The average Bonchev–Trinajstić information content (AvgIpc) is 3.50. The Kier molecular flexibility index (Phi) is 6.31. The highest BCUT2D eigenvalue weighted by Gasteiger charge is 2.50. The van der Waals surface area contributed by atoms with Gasteiger partial charge in [-0.2, -0.15) is 13.2 Å². The van der Waals surface area contributed by atoms with Gasteiger partial charge in [-0.1, -0.05) is 44.7 Å². The van der Waals surface area contributed by atoms with E-state index in [0.29, 0.717) is 36.8 Å².